The summed E-state index contributed by atoms with van der Waals surface area (Å²) in [7, 11) is 1.44. The average Bonchev–Trinajstić information content (AvgIpc) is 2.46. The number of carbonyl (C=O) groups is 1. The number of nitrogens with zero attached hydrogens (tertiary/aromatic N) is 3. The second kappa shape index (κ2) is 6.54. The maximum atomic E-state index is 11.5. The second-order valence-electron chi connectivity index (χ2n) is 5.15. The van der Waals surface area contributed by atoms with Gasteiger partial charge < -0.3 is 14.4 Å². The first kappa shape index (κ1) is 14.6. The first-order valence-electron chi connectivity index (χ1n) is 6.92. The van der Waals surface area contributed by atoms with Crippen LogP contribution in [0.2, 0.25) is 0 Å². The molecule has 1 aromatic rings. The molecule has 0 aliphatic carbocycles. The van der Waals surface area contributed by atoms with Crippen LogP contribution in [0.15, 0.2) is 12.3 Å². The van der Waals surface area contributed by atoms with E-state index in [0.717, 1.165) is 25.9 Å². The third-order valence-corrected chi connectivity index (χ3v) is 3.29. The smallest absolute Gasteiger partial charge is 0.308 e. The lowest BCUT2D eigenvalue weighted by Crippen LogP contribution is -2.37. The molecule has 1 fully saturated rings. The van der Waals surface area contributed by atoms with Crippen LogP contribution in [-0.2, 0) is 9.53 Å². The Balaban J connectivity index is 1.98. The normalized spacial score (nSPS) is 16.3. The molecule has 6 heteroatoms. The third-order valence-electron chi connectivity index (χ3n) is 3.29. The molecule has 0 unspecified atom stereocenters. The van der Waals surface area contributed by atoms with Crippen molar-refractivity contribution in [2.75, 3.05) is 25.1 Å². The first-order valence-corrected chi connectivity index (χ1v) is 6.92. The minimum Gasteiger partial charge on any atom is -0.475 e. The Labute approximate surface area is 119 Å². The lowest BCUT2D eigenvalue weighted by molar-refractivity contribution is -0.146. The van der Waals surface area contributed by atoms with Crippen molar-refractivity contribution >= 4 is 11.9 Å². The van der Waals surface area contributed by atoms with E-state index in [-0.39, 0.29) is 18.0 Å². The van der Waals surface area contributed by atoms with Crippen LogP contribution in [0.25, 0.3) is 0 Å². The van der Waals surface area contributed by atoms with E-state index in [4.69, 9.17) is 9.47 Å². The van der Waals surface area contributed by atoms with E-state index in [1.165, 1.54) is 7.11 Å². The van der Waals surface area contributed by atoms with E-state index in [1.54, 1.807) is 12.3 Å². The Morgan fingerprint density at radius 1 is 1.40 bits per heavy atom. The van der Waals surface area contributed by atoms with Gasteiger partial charge in [-0.25, -0.2) is 4.98 Å². The van der Waals surface area contributed by atoms with Gasteiger partial charge in [-0.1, -0.05) is 0 Å². The van der Waals surface area contributed by atoms with Crippen LogP contribution in [0.1, 0.15) is 26.7 Å². The number of anilines is 1. The molecule has 0 N–H and O–H groups in total. The standard InChI is InChI=1S/C14H21N3O3/c1-10(2)20-12-4-7-15-14(16-12)17-8-5-11(6-9-17)13(18)19-3/h4,7,10-11H,5-6,8-9H2,1-3H3. The molecule has 1 aliphatic rings. The molecule has 1 aromatic heterocycles. The summed E-state index contributed by atoms with van der Waals surface area (Å²) in [5.74, 6) is 1.11. The molecule has 1 saturated heterocycles. The van der Waals surface area contributed by atoms with Crippen LogP contribution in [0.3, 0.4) is 0 Å². The predicted molar refractivity (Wildman–Crippen MR) is 74.7 cm³/mol. The third kappa shape index (κ3) is 3.59. The summed E-state index contributed by atoms with van der Waals surface area (Å²) in [6.07, 6.45) is 3.33. The van der Waals surface area contributed by atoms with Gasteiger partial charge in [-0.2, -0.15) is 4.98 Å². The van der Waals surface area contributed by atoms with Gasteiger partial charge in [0, 0.05) is 25.4 Å². The highest BCUT2D eigenvalue weighted by atomic mass is 16.5. The zero-order valence-electron chi connectivity index (χ0n) is 12.2. The van der Waals surface area contributed by atoms with Crippen LogP contribution < -0.4 is 9.64 Å². The van der Waals surface area contributed by atoms with Crippen LogP contribution in [0.5, 0.6) is 5.88 Å². The molecule has 20 heavy (non-hydrogen) atoms. The van der Waals surface area contributed by atoms with Crippen molar-refractivity contribution in [1.29, 1.82) is 0 Å². The fourth-order valence-corrected chi connectivity index (χ4v) is 2.27. The summed E-state index contributed by atoms with van der Waals surface area (Å²) >= 11 is 0. The fraction of sp³-hybridized carbons (Fsp3) is 0.643. The zero-order chi connectivity index (χ0) is 14.5. The van der Waals surface area contributed by atoms with Crippen LogP contribution in [0.4, 0.5) is 5.95 Å². The Kier molecular flexibility index (Phi) is 4.76. The van der Waals surface area contributed by atoms with Crippen LogP contribution in [0, 0.1) is 5.92 Å². The molecule has 0 spiro atoms. The second-order valence-corrected chi connectivity index (χ2v) is 5.15. The van der Waals surface area contributed by atoms with Crippen LogP contribution in [-0.4, -0.2) is 42.2 Å². The van der Waals surface area contributed by atoms with E-state index in [2.05, 4.69) is 14.9 Å². The Morgan fingerprint density at radius 3 is 2.70 bits per heavy atom. The first-order chi connectivity index (χ1) is 9.60. The molecular weight excluding hydrogens is 258 g/mol. The Hall–Kier alpha value is -1.85. The van der Waals surface area contributed by atoms with Crippen molar-refractivity contribution < 1.29 is 14.3 Å². The van der Waals surface area contributed by atoms with Crippen molar-refractivity contribution in [3.8, 4) is 5.88 Å². The number of rotatable bonds is 4. The number of hydrogen-bond donors (Lipinski definition) is 0. The van der Waals surface area contributed by atoms with Crippen molar-refractivity contribution in [1.82, 2.24) is 9.97 Å². The summed E-state index contributed by atoms with van der Waals surface area (Å²) in [6, 6.07) is 1.75. The summed E-state index contributed by atoms with van der Waals surface area (Å²) in [6.45, 7) is 5.43. The molecule has 0 amide bonds. The predicted octanol–water partition coefficient (Wildman–Crippen LogP) is 1.65. The molecule has 0 atom stereocenters. The molecule has 0 saturated carbocycles. The number of esters is 1. The van der Waals surface area contributed by atoms with E-state index in [1.807, 2.05) is 13.8 Å². The summed E-state index contributed by atoms with van der Waals surface area (Å²) in [5.41, 5.74) is 0. The molecule has 2 heterocycles. The van der Waals surface area contributed by atoms with Gasteiger partial charge in [0.2, 0.25) is 11.8 Å². The summed E-state index contributed by atoms with van der Waals surface area (Å²) < 4.78 is 10.4. The maximum Gasteiger partial charge on any atom is 0.308 e. The van der Waals surface area contributed by atoms with Gasteiger partial charge in [0.05, 0.1) is 19.1 Å². The highest BCUT2D eigenvalue weighted by Gasteiger charge is 2.26. The Morgan fingerprint density at radius 2 is 2.10 bits per heavy atom. The quantitative estimate of drug-likeness (QED) is 0.781. The largest absolute Gasteiger partial charge is 0.475 e. The van der Waals surface area contributed by atoms with E-state index < -0.39 is 0 Å². The number of ether oxygens (including phenoxy) is 2. The van der Waals surface area contributed by atoms with Gasteiger partial charge in [0.25, 0.3) is 0 Å². The lowest BCUT2D eigenvalue weighted by atomic mass is 9.97. The topological polar surface area (TPSA) is 64.5 Å². The maximum absolute atomic E-state index is 11.5. The lowest BCUT2D eigenvalue weighted by Gasteiger charge is -2.30. The SMILES string of the molecule is COC(=O)C1CCN(c2nccc(OC(C)C)n2)CC1. The highest BCUT2D eigenvalue weighted by Crippen LogP contribution is 2.22. The number of carbonyl (C=O) groups excluding carboxylic acids is 1. The summed E-state index contributed by atoms with van der Waals surface area (Å²) in [5, 5.41) is 0. The fourth-order valence-electron chi connectivity index (χ4n) is 2.27. The molecule has 0 radical (unpaired) electrons. The van der Waals surface area contributed by atoms with Crippen LogP contribution >= 0.6 is 0 Å². The van der Waals surface area contributed by atoms with Gasteiger partial charge in [0.15, 0.2) is 0 Å². The molecule has 0 aromatic carbocycles. The molecule has 110 valence electrons. The minimum absolute atomic E-state index is 0.00801. The van der Waals surface area contributed by atoms with E-state index in [0.29, 0.717) is 11.8 Å². The van der Waals surface area contributed by atoms with Gasteiger partial charge >= 0.3 is 5.97 Å². The molecule has 0 bridgehead atoms. The van der Waals surface area contributed by atoms with Gasteiger partial charge in [0.1, 0.15) is 0 Å². The molecule has 2 rings (SSSR count). The van der Waals surface area contributed by atoms with E-state index >= 15 is 0 Å². The number of methoxy groups -OCH3 is 1. The van der Waals surface area contributed by atoms with Gasteiger partial charge in [-0.15, -0.1) is 0 Å². The van der Waals surface area contributed by atoms with Gasteiger partial charge in [-0.3, -0.25) is 4.79 Å². The molecule has 6 nitrogen and oxygen atoms in total. The average molecular weight is 279 g/mol. The zero-order valence-corrected chi connectivity index (χ0v) is 12.2. The Bertz CT molecular complexity index is 457. The van der Waals surface area contributed by atoms with E-state index in [9.17, 15) is 4.79 Å². The van der Waals surface area contributed by atoms with Crippen molar-refractivity contribution in [3.05, 3.63) is 12.3 Å². The van der Waals surface area contributed by atoms with Crippen molar-refractivity contribution in [2.45, 2.75) is 32.8 Å². The minimum atomic E-state index is -0.123. The van der Waals surface area contributed by atoms with Crippen molar-refractivity contribution in [3.63, 3.8) is 0 Å². The highest BCUT2D eigenvalue weighted by molar-refractivity contribution is 5.72. The summed E-state index contributed by atoms with van der Waals surface area (Å²) in [4.78, 5) is 22.3. The number of aromatic nitrogens is 2. The monoisotopic (exact) mass is 279 g/mol. The van der Waals surface area contributed by atoms with Crippen molar-refractivity contribution in [2.24, 2.45) is 5.92 Å². The number of piperidine rings is 1. The molecule has 1 aliphatic heterocycles. The van der Waals surface area contributed by atoms with Gasteiger partial charge in [-0.05, 0) is 26.7 Å². The molecular formula is C14H21N3O3. The number of hydrogen-bond acceptors (Lipinski definition) is 6.